The number of carbonyl (C=O) groups is 1. The second kappa shape index (κ2) is 5.61. The Morgan fingerprint density at radius 2 is 2.38 bits per heavy atom. The maximum absolute atomic E-state index is 11.4. The first-order chi connectivity index (χ1) is 7.58. The van der Waals surface area contributed by atoms with E-state index in [1.807, 2.05) is 13.8 Å². The van der Waals surface area contributed by atoms with Crippen molar-refractivity contribution in [2.24, 2.45) is 0 Å². The molecule has 1 heterocycles. The van der Waals surface area contributed by atoms with Crippen molar-refractivity contribution >= 4 is 11.4 Å². The van der Waals surface area contributed by atoms with Gasteiger partial charge < -0.3 is 9.26 Å². The van der Waals surface area contributed by atoms with Crippen molar-refractivity contribution in [3.05, 3.63) is 24.1 Å². The first kappa shape index (κ1) is 12.6. The minimum atomic E-state index is -0.322. The molecule has 1 aromatic rings. The molecule has 0 bridgehead atoms. The number of hydrogen-bond donors (Lipinski definition) is 0. The van der Waals surface area contributed by atoms with Gasteiger partial charge in [0.1, 0.15) is 17.2 Å². The molecule has 0 saturated carbocycles. The van der Waals surface area contributed by atoms with E-state index in [2.05, 4.69) is 11.7 Å². The van der Waals surface area contributed by atoms with E-state index in [9.17, 15) is 4.79 Å². The molecule has 0 fully saturated rings. The van der Waals surface area contributed by atoms with Crippen molar-refractivity contribution in [3.8, 4) is 0 Å². The summed E-state index contributed by atoms with van der Waals surface area (Å²) in [7, 11) is 1.56. The second-order valence-corrected chi connectivity index (χ2v) is 3.67. The maximum atomic E-state index is 11.4. The number of ketones is 1. The standard InChI is InChI=1S/C12H17NO3/c1-5-10(14)7-12(15-4)9(3)11-6-8(2)16-13-11/h6,12H,3,5,7H2,1-2,4H3. The molecule has 0 saturated heterocycles. The molecule has 0 aliphatic rings. The van der Waals surface area contributed by atoms with Gasteiger partial charge in [0.05, 0.1) is 6.10 Å². The summed E-state index contributed by atoms with van der Waals surface area (Å²) in [5.41, 5.74) is 1.33. The summed E-state index contributed by atoms with van der Waals surface area (Å²) in [6.07, 6.45) is 0.514. The molecule has 0 aliphatic heterocycles. The van der Waals surface area contributed by atoms with E-state index in [-0.39, 0.29) is 11.9 Å². The van der Waals surface area contributed by atoms with E-state index in [1.54, 1.807) is 13.2 Å². The van der Waals surface area contributed by atoms with Gasteiger partial charge in [-0.05, 0) is 6.92 Å². The highest BCUT2D eigenvalue weighted by Gasteiger charge is 2.19. The summed E-state index contributed by atoms with van der Waals surface area (Å²) in [6, 6.07) is 1.78. The normalized spacial score (nSPS) is 12.4. The highest BCUT2D eigenvalue weighted by molar-refractivity contribution is 5.81. The fourth-order valence-corrected chi connectivity index (χ4v) is 1.38. The van der Waals surface area contributed by atoms with Gasteiger partial charge in [0.15, 0.2) is 0 Å². The molecule has 16 heavy (non-hydrogen) atoms. The number of ether oxygens (including phenoxy) is 1. The third kappa shape index (κ3) is 3.03. The number of rotatable bonds is 6. The zero-order valence-corrected chi connectivity index (χ0v) is 9.95. The molecule has 4 heteroatoms. The minimum Gasteiger partial charge on any atom is -0.376 e. The lowest BCUT2D eigenvalue weighted by molar-refractivity contribution is -0.120. The molecule has 0 amide bonds. The van der Waals surface area contributed by atoms with Gasteiger partial charge in [-0.25, -0.2) is 0 Å². The number of nitrogens with zero attached hydrogens (tertiary/aromatic N) is 1. The van der Waals surface area contributed by atoms with Crippen LogP contribution in [0.4, 0.5) is 0 Å². The summed E-state index contributed by atoms with van der Waals surface area (Å²) in [5.74, 6) is 0.862. The van der Waals surface area contributed by atoms with Crippen molar-refractivity contribution in [1.82, 2.24) is 5.16 Å². The highest BCUT2D eigenvalue weighted by Crippen LogP contribution is 2.21. The fraction of sp³-hybridized carbons (Fsp3) is 0.500. The molecule has 0 spiro atoms. The lowest BCUT2D eigenvalue weighted by atomic mass is 10.0. The van der Waals surface area contributed by atoms with Crippen LogP contribution in [0.5, 0.6) is 0 Å². The van der Waals surface area contributed by atoms with Crippen LogP contribution >= 0.6 is 0 Å². The minimum absolute atomic E-state index is 0.146. The zero-order valence-electron chi connectivity index (χ0n) is 9.95. The molecular weight excluding hydrogens is 206 g/mol. The molecule has 4 nitrogen and oxygen atoms in total. The van der Waals surface area contributed by atoms with E-state index >= 15 is 0 Å². The topological polar surface area (TPSA) is 52.3 Å². The van der Waals surface area contributed by atoms with Gasteiger partial charge in [0.25, 0.3) is 0 Å². The fourth-order valence-electron chi connectivity index (χ4n) is 1.38. The Morgan fingerprint density at radius 3 is 2.81 bits per heavy atom. The maximum Gasteiger partial charge on any atom is 0.135 e. The van der Waals surface area contributed by atoms with E-state index in [0.717, 1.165) is 0 Å². The SMILES string of the molecule is C=C(c1cc(C)on1)C(CC(=O)CC)OC. The number of aryl methyl sites for hydroxylation is 1. The monoisotopic (exact) mass is 223 g/mol. The first-order valence-electron chi connectivity index (χ1n) is 5.25. The van der Waals surface area contributed by atoms with Crippen LogP contribution in [0.1, 0.15) is 31.2 Å². The van der Waals surface area contributed by atoms with Gasteiger partial charge >= 0.3 is 0 Å². The Balaban J connectivity index is 2.73. The molecule has 88 valence electrons. The number of Topliss-reactive ketones (excluding diaryl/α,β-unsaturated/α-hetero) is 1. The van der Waals surface area contributed by atoms with Crippen LogP contribution < -0.4 is 0 Å². The number of hydrogen-bond acceptors (Lipinski definition) is 4. The van der Waals surface area contributed by atoms with Crippen LogP contribution in [0.3, 0.4) is 0 Å². The van der Waals surface area contributed by atoms with Gasteiger partial charge in [0.2, 0.25) is 0 Å². The first-order valence-corrected chi connectivity index (χ1v) is 5.25. The smallest absolute Gasteiger partial charge is 0.135 e. The average molecular weight is 223 g/mol. The number of methoxy groups -OCH3 is 1. The molecule has 1 rings (SSSR count). The quantitative estimate of drug-likeness (QED) is 0.743. The summed E-state index contributed by atoms with van der Waals surface area (Å²) < 4.78 is 10.2. The van der Waals surface area contributed by atoms with E-state index in [4.69, 9.17) is 9.26 Å². The predicted octanol–water partition coefficient (Wildman–Crippen LogP) is 2.38. The highest BCUT2D eigenvalue weighted by atomic mass is 16.5. The van der Waals surface area contributed by atoms with Crippen LogP contribution in [0.15, 0.2) is 17.2 Å². The van der Waals surface area contributed by atoms with Crippen molar-refractivity contribution in [2.75, 3.05) is 7.11 Å². The number of aromatic nitrogens is 1. The lowest BCUT2D eigenvalue weighted by Crippen LogP contribution is -2.17. The van der Waals surface area contributed by atoms with Gasteiger partial charge in [-0.2, -0.15) is 0 Å². The Bertz CT molecular complexity index is 381. The largest absolute Gasteiger partial charge is 0.376 e. The van der Waals surface area contributed by atoms with Crippen molar-refractivity contribution in [1.29, 1.82) is 0 Å². The Morgan fingerprint density at radius 1 is 1.69 bits per heavy atom. The third-order valence-electron chi connectivity index (χ3n) is 2.44. The predicted molar refractivity (Wildman–Crippen MR) is 61.0 cm³/mol. The van der Waals surface area contributed by atoms with Crippen LogP contribution in [0.2, 0.25) is 0 Å². The molecule has 0 radical (unpaired) electrons. The van der Waals surface area contributed by atoms with E-state index in [0.29, 0.717) is 29.9 Å². The second-order valence-electron chi connectivity index (χ2n) is 3.67. The summed E-state index contributed by atoms with van der Waals surface area (Å²) in [6.45, 7) is 7.54. The van der Waals surface area contributed by atoms with Gasteiger partial charge in [-0.15, -0.1) is 0 Å². The molecular formula is C12H17NO3. The molecule has 1 aromatic heterocycles. The van der Waals surface area contributed by atoms with Crippen molar-refractivity contribution in [2.45, 2.75) is 32.8 Å². The van der Waals surface area contributed by atoms with Gasteiger partial charge in [-0.1, -0.05) is 18.7 Å². The van der Waals surface area contributed by atoms with Crippen molar-refractivity contribution < 1.29 is 14.1 Å². The summed E-state index contributed by atoms with van der Waals surface area (Å²) >= 11 is 0. The summed E-state index contributed by atoms with van der Waals surface area (Å²) in [4.78, 5) is 11.4. The number of carbonyl (C=O) groups excluding carboxylic acids is 1. The molecule has 0 aliphatic carbocycles. The Kier molecular flexibility index (Phi) is 4.43. The molecule has 1 atom stereocenters. The van der Waals surface area contributed by atoms with Crippen LogP contribution in [0, 0.1) is 6.92 Å². The lowest BCUT2D eigenvalue weighted by Gasteiger charge is -2.14. The Hall–Kier alpha value is -1.42. The van der Waals surface area contributed by atoms with E-state index in [1.165, 1.54) is 0 Å². The zero-order chi connectivity index (χ0) is 12.1. The van der Waals surface area contributed by atoms with E-state index < -0.39 is 0 Å². The van der Waals surface area contributed by atoms with Crippen LogP contribution in [-0.2, 0) is 9.53 Å². The summed E-state index contributed by atoms with van der Waals surface area (Å²) in [5, 5.41) is 3.85. The third-order valence-corrected chi connectivity index (χ3v) is 2.44. The van der Waals surface area contributed by atoms with Crippen molar-refractivity contribution in [3.63, 3.8) is 0 Å². The van der Waals surface area contributed by atoms with Gasteiger partial charge in [-0.3, -0.25) is 4.79 Å². The molecule has 1 unspecified atom stereocenters. The average Bonchev–Trinajstić information content (AvgIpc) is 2.71. The Labute approximate surface area is 95.3 Å². The molecule has 0 aromatic carbocycles. The molecule has 0 N–H and O–H groups in total. The van der Waals surface area contributed by atoms with Gasteiger partial charge in [0, 0.05) is 31.6 Å². The van der Waals surface area contributed by atoms with Crippen LogP contribution in [0.25, 0.3) is 5.57 Å². The van der Waals surface area contributed by atoms with Crippen LogP contribution in [-0.4, -0.2) is 24.2 Å².